The number of rotatable bonds is 2. The van der Waals surface area contributed by atoms with Crippen LogP contribution in [0.2, 0.25) is 0 Å². The van der Waals surface area contributed by atoms with Crippen LogP contribution < -0.4 is 4.74 Å². The predicted octanol–water partition coefficient (Wildman–Crippen LogP) is 4.75. The Morgan fingerprint density at radius 2 is 1.96 bits per heavy atom. The Morgan fingerprint density at radius 3 is 2.79 bits per heavy atom. The number of aryl methyl sites for hydroxylation is 1. The zero-order valence-corrected chi connectivity index (χ0v) is 14.4. The molecular formula is C20H22O3S. The van der Waals surface area contributed by atoms with Crippen molar-refractivity contribution in [2.75, 3.05) is 12.4 Å². The van der Waals surface area contributed by atoms with Gasteiger partial charge in [-0.15, -0.1) is 11.8 Å². The quantitative estimate of drug-likeness (QED) is 0.855. The highest BCUT2D eigenvalue weighted by molar-refractivity contribution is 7.99. The maximum absolute atomic E-state index is 10.7. The van der Waals surface area contributed by atoms with E-state index in [4.69, 9.17) is 9.84 Å². The first-order valence-corrected chi connectivity index (χ1v) is 9.37. The molecule has 24 heavy (non-hydrogen) atoms. The van der Waals surface area contributed by atoms with E-state index in [1.807, 2.05) is 36.0 Å². The Kier molecular flexibility index (Phi) is 5.81. The Hall–Kier alpha value is -1.94. The fraction of sp³-hybridized carbons (Fsp3) is 0.350. The van der Waals surface area contributed by atoms with E-state index in [2.05, 4.69) is 24.3 Å². The standard InChI is InChI=1S/C11H12O2S.C9H10O/c12-11(13)7-8-5-6-14-10-4-2-1-3-9(8)10;1-2-6-9-8(4-1)5-3-7-10-9/h1-4,8H,5-7H2,(H,12,13);1-2,4,6H,3,5,7H2. The number of carbonyl (C=O) groups is 1. The van der Waals surface area contributed by atoms with Gasteiger partial charge in [0.15, 0.2) is 0 Å². The molecule has 0 aliphatic carbocycles. The average Bonchev–Trinajstić information content (AvgIpc) is 2.62. The number of hydrogen-bond donors (Lipinski definition) is 1. The second kappa shape index (κ2) is 8.25. The third-order valence-corrected chi connectivity index (χ3v) is 5.45. The summed E-state index contributed by atoms with van der Waals surface area (Å²) in [6, 6.07) is 16.4. The lowest BCUT2D eigenvalue weighted by atomic mass is 9.93. The van der Waals surface area contributed by atoms with Crippen LogP contribution >= 0.6 is 11.8 Å². The van der Waals surface area contributed by atoms with Gasteiger partial charge in [-0.25, -0.2) is 0 Å². The fourth-order valence-corrected chi connectivity index (χ4v) is 4.33. The monoisotopic (exact) mass is 342 g/mol. The second-order valence-corrected chi connectivity index (χ2v) is 7.17. The molecule has 2 aliphatic rings. The minimum Gasteiger partial charge on any atom is -0.493 e. The van der Waals surface area contributed by atoms with E-state index in [0.29, 0.717) is 0 Å². The summed E-state index contributed by atoms with van der Waals surface area (Å²) in [4.78, 5) is 11.9. The molecule has 126 valence electrons. The van der Waals surface area contributed by atoms with Crippen LogP contribution in [0.4, 0.5) is 0 Å². The number of ether oxygens (including phenoxy) is 1. The summed E-state index contributed by atoms with van der Waals surface area (Å²) in [5, 5.41) is 8.78. The van der Waals surface area contributed by atoms with Crippen molar-refractivity contribution in [3.63, 3.8) is 0 Å². The summed E-state index contributed by atoms with van der Waals surface area (Å²) in [6.45, 7) is 0.886. The number of para-hydroxylation sites is 1. The van der Waals surface area contributed by atoms with Crippen molar-refractivity contribution in [3.8, 4) is 5.75 Å². The molecule has 0 fully saturated rings. The van der Waals surface area contributed by atoms with Crippen molar-refractivity contribution < 1.29 is 14.6 Å². The topological polar surface area (TPSA) is 46.5 Å². The zero-order chi connectivity index (χ0) is 16.8. The summed E-state index contributed by atoms with van der Waals surface area (Å²) < 4.78 is 5.42. The Labute approximate surface area is 147 Å². The molecule has 0 amide bonds. The predicted molar refractivity (Wildman–Crippen MR) is 97.0 cm³/mol. The first kappa shape index (κ1) is 16.9. The van der Waals surface area contributed by atoms with E-state index in [9.17, 15) is 4.79 Å². The van der Waals surface area contributed by atoms with Gasteiger partial charge in [-0.05, 0) is 54.2 Å². The SMILES string of the molecule is O=C(O)CC1CCSc2ccccc21.c1ccc2c(c1)CCCO2. The van der Waals surface area contributed by atoms with Crippen LogP contribution in [0.3, 0.4) is 0 Å². The summed E-state index contributed by atoms with van der Waals surface area (Å²) in [5.41, 5.74) is 2.57. The molecule has 2 aliphatic heterocycles. The molecule has 1 N–H and O–H groups in total. The first-order valence-electron chi connectivity index (χ1n) is 8.38. The lowest BCUT2D eigenvalue weighted by Crippen LogP contribution is -2.11. The van der Waals surface area contributed by atoms with Crippen LogP contribution in [0.1, 0.15) is 36.3 Å². The van der Waals surface area contributed by atoms with Crippen LogP contribution in [0.5, 0.6) is 5.75 Å². The molecule has 4 rings (SSSR count). The number of carboxylic acids is 1. The highest BCUT2D eigenvalue weighted by Gasteiger charge is 2.22. The highest BCUT2D eigenvalue weighted by Crippen LogP contribution is 2.38. The van der Waals surface area contributed by atoms with Gasteiger partial charge in [-0.2, -0.15) is 0 Å². The molecule has 3 nitrogen and oxygen atoms in total. The smallest absolute Gasteiger partial charge is 0.303 e. The van der Waals surface area contributed by atoms with Crippen molar-refractivity contribution in [2.24, 2.45) is 0 Å². The Morgan fingerprint density at radius 1 is 1.17 bits per heavy atom. The van der Waals surface area contributed by atoms with Crippen LogP contribution in [0.15, 0.2) is 53.4 Å². The van der Waals surface area contributed by atoms with Crippen molar-refractivity contribution in [1.82, 2.24) is 0 Å². The van der Waals surface area contributed by atoms with Gasteiger partial charge in [-0.3, -0.25) is 4.79 Å². The van der Waals surface area contributed by atoms with Crippen molar-refractivity contribution >= 4 is 17.7 Å². The molecule has 4 heteroatoms. The van der Waals surface area contributed by atoms with Crippen molar-refractivity contribution in [3.05, 3.63) is 59.7 Å². The van der Waals surface area contributed by atoms with E-state index in [1.54, 1.807) is 0 Å². The maximum atomic E-state index is 10.7. The van der Waals surface area contributed by atoms with E-state index in [-0.39, 0.29) is 12.3 Å². The number of thioether (sulfide) groups is 1. The fourth-order valence-electron chi connectivity index (χ4n) is 3.13. The van der Waals surface area contributed by atoms with Crippen LogP contribution in [0.25, 0.3) is 0 Å². The molecule has 1 atom stereocenters. The van der Waals surface area contributed by atoms with Gasteiger partial charge < -0.3 is 9.84 Å². The molecule has 0 bridgehead atoms. The molecule has 0 radical (unpaired) electrons. The molecule has 0 saturated carbocycles. The number of aliphatic carboxylic acids is 1. The molecule has 2 heterocycles. The first-order chi connectivity index (χ1) is 11.7. The Balaban J connectivity index is 0.000000149. The van der Waals surface area contributed by atoms with Gasteiger partial charge in [0.2, 0.25) is 0 Å². The molecule has 0 saturated heterocycles. The zero-order valence-electron chi connectivity index (χ0n) is 13.6. The van der Waals surface area contributed by atoms with E-state index in [1.165, 1.54) is 22.4 Å². The third kappa shape index (κ3) is 4.32. The van der Waals surface area contributed by atoms with Gasteiger partial charge >= 0.3 is 5.97 Å². The largest absolute Gasteiger partial charge is 0.493 e. The lowest BCUT2D eigenvalue weighted by molar-refractivity contribution is -0.137. The molecule has 0 aromatic heterocycles. The second-order valence-electron chi connectivity index (χ2n) is 6.03. The molecule has 0 spiro atoms. The number of benzene rings is 2. The third-order valence-electron chi connectivity index (χ3n) is 4.32. The minimum atomic E-state index is -0.697. The summed E-state index contributed by atoms with van der Waals surface area (Å²) in [7, 11) is 0. The number of fused-ring (bicyclic) bond motifs is 2. The van der Waals surface area contributed by atoms with E-state index < -0.39 is 5.97 Å². The molecule has 2 aromatic rings. The van der Waals surface area contributed by atoms with Gasteiger partial charge in [0, 0.05) is 4.90 Å². The summed E-state index contributed by atoms with van der Waals surface area (Å²) in [6.07, 6.45) is 3.58. The normalized spacial score (nSPS) is 18.2. The van der Waals surface area contributed by atoms with E-state index >= 15 is 0 Å². The molecular weight excluding hydrogens is 320 g/mol. The molecule has 2 aromatic carbocycles. The molecule has 1 unspecified atom stereocenters. The lowest BCUT2D eigenvalue weighted by Gasteiger charge is -2.23. The Bertz CT molecular complexity index is 674. The van der Waals surface area contributed by atoms with Crippen LogP contribution in [-0.4, -0.2) is 23.4 Å². The van der Waals surface area contributed by atoms with Gasteiger partial charge in [0.05, 0.1) is 13.0 Å². The van der Waals surface area contributed by atoms with Crippen LogP contribution in [-0.2, 0) is 11.2 Å². The van der Waals surface area contributed by atoms with Gasteiger partial charge in [0.1, 0.15) is 5.75 Å². The summed E-state index contributed by atoms with van der Waals surface area (Å²) in [5.74, 6) is 1.63. The van der Waals surface area contributed by atoms with Gasteiger partial charge in [-0.1, -0.05) is 36.4 Å². The van der Waals surface area contributed by atoms with Crippen LogP contribution in [0, 0.1) is 0 Å². The minimum absolute atomic E-state index is 0.213. The van der Waals surface area contributed by atoms with Crippen molar-refractivity contribution in [2.45, 2.75) is 36.5 Å². The van der Waals surface area contributed by atoms with Gasteiger partial charge in [0.25, 0.3) is 0 Å². The highest BCUT2D eigenvalue weighted by atomic mass is 32.2. The summed E-state index contributed by atoms with van der Waals surface area (Å²) >= 11 is 1.83. The van der Waals surface area contributed by atoms with Crippen molar-refractivity contribution in [1.29, 1.82) is 0 Å². The number of carboxylic acid groups (broad SMARTS) is 1. The number of hydrogen-bond acceptors (Lipinski definition) is 3. The van der Waals surface area contributed by atoms with E-state index in [0.717, 1.165) is 31.0 Å². The average molecular weight is 342 g/mol. The maximum Gasteiger partial charge on any atom is 0.303 e.